The largest absolute Gasteiger partial charge is 0.459 e. The van der Waals surface area contributed by atoms with Gasteiger partial charge in [0.1, 0.15) is 12.6 Å². The molecular weight excluding hydrogens is 322 g/mol. The zero-order valence-electron chi connectivity index (χ0n) is 14.5. The summed E-state index contributed by atoms with van der Waals surface area (Å²) in [6.45, 7) is 0.795. The molecular formula is C19H25NO5. The average molecular weight is 347 g/mol. The maximum atomic E-state index is 12.7. The number of amides is 1. The average Bonchev–Trinajstić information content (AvgIpc) is 2.63. The Morgan fingerprint density at radius 1 is 1.32 bits per heavy atom. The minimum absolute atomic E-state index is 0.00331. The van der Waals surface area contributed by atoms with Crippen molar-refractivity contribution in [3.8, 4) is 0 Å². The molecule has 25 heavy (non-hydrogen) atoms. The van der Waals surface area contributed by atoms with Gasteiger partial charge in [0, 0.05) is 6.61 Å². The molecule has 6 heteroatoms. The molecule has 1 spiro atoms. The summed E-state index contributed by atoms with van der Waals surface area (Å²) < 4.78 is 16.1. The summed E-state index contributed by atoms with van der Waals surface area (Å²) in [5.74, 6) is -0.424. The van der Waals surface area contributed by atoms with Crippen LogP contribution in [0.15, 0.2) is 30.3 Å². The summed E-state index contributed by atoms with van der Waals surface area (Å²) in [5, 5.41) is 2.67. The van der Waals surface area contributed by atoms with E-state index in [1.165, 1.54) is 7.11 Å². The van der Waals surface area contributed by atoms with Gasteiger partial charge in [-0.25, -0.2) is 9.59 Å². The summed E-state index contributed by atoms with van der Waals surface area (Å²) in [6.07, 6.45) is 4.07. The zero-order valence-corrected chi connectivity index (χ0v) is 14.5. The first kappa shape index (κ1) is 17.7. The van der Waals surface area contributed by atoms with Crippen molar-refractivity contribution in [2.75, 3.05) is 13.7 Å². The van der Waals surface area contributed by atoms with Gasteiger partial charge in [-0.3, -0.25) is 0 Å². The summed E-state index contributed by atoms with van der Waals surface area (Å²) in [4.78, 5) is 24.4. The minimum atomic E-state index is -0.711. The number of ether oxygens (including phenoxy) is 3. The highest BCUT2D eigenvalue weighted by Crippen LogP contribution is 2.45. The molecule has 136 valence electrons. The smallest absolute Gasteiger partial charge is 0.407 e. The summed E-state index contributed by atoms with van der Waals surface area (Å²) in [6, 6.07) is 8.78. The quantitative estimate of drug-likeness (QED) is 0.829. The molecule has 1 aromatic carbocycles. The molecule has 0 radical (unpaired) electrons. The molecule has 0 aromatic heterocycles. The SMILES string of the molecule is COC(=O)NC(C(=O)OCc1ccccc1)C1CCOC2(CCC2)C1. The van der Waals surface area contributed by atoms with E-state index in [2.05, 4.69) is 10.1 Å². The number of methoxy groups -OCH3 is 1. The lowest BCUT2D eigenvalue weighted by Crippen LogP contribution is -2.54. The zero-order chi connectivity index (χ0) is 17.7. The predicted molar refractivity (Wildman–Crippen MR) is 90.8 cm³/mol. The molecule has 2 fully saturated rings. The van der Waals surface area contributed by atoms with Gasteiger partial charge in [-0.15, -0.1) is 0 Å². The Balaban J connectivity index is 1.65. The second kappa shape index (κ2) is 7.87. The Labute approximate surface area is 147 Å². The number of rotatable bonds is 5. The number of hydrogen-bond donors (Lipinski definition) is 1. The molecule has 0 bridgehead atoms. The molecule has 1 saturated carbocycles. The number of carbonyl (C=O) groups excluding carboxylic acids is 2. The van der Waals surface area contributed by atoms with Gasteiger partial charge in [-0.05, 0) is 43.6 Å². The van der Waals surface area contributed by atoms with Crippen molar-refractivity contribution < 1.29 is 23.8 Å². The fourth-order valence-corrected chi connectivity index (χ4v) is 3.64. The maximum absolute atomic E-state index is 12.7. The van der Waals surface area contributed by atoms with E-state index >= 15 is 0 Å². The lowest BCUT2D eigenvalue weighted by molar-refractivity contribution is -0.162. The van der Waals surface area contributed by atoms with Gasteiger partial charge in [-0.2, -0.15) is 0 Å². The van der Waals surface area contributed by atoms with Crippen molar-refractivity contribution in [3.63, 3.8) is 0 Å². The molecule has 2 atom stereocenters. The number of esters is 1. The van der Waals surface area contributed by atoms with Gasteiger partial charge in [0.2, 0.25) is 0 Å². The number of benzene rings is 1. The van der Waals surface area contributed by atoms with E-state index < -0.39 is 18.1 Å². The first-order valence-electron chi connectivity index (χ1n) is 8.81. The second-order valence-corrected chi connectivity index (χ2v) is 6.84. The molecule has 1 saturated heterocycles. The van der Waals surface area contributed by atoms with E-state index in [-0.39, 0.29) is 18.1 Å². The highest BCUT2D eigenvalue weighted by atomic mass is 16.5. The number of hydrogen-bond acceptors (Lipinski definition) is 5. The third kappa shape index (κ3) is 4.31. The molecule has 6 nitrogen and oxygen atoms in total. The van der Waals surface area contributed by atoms with Gasteiger partial charge in [-0.1, -0.05) is 30.3 Å². The molecule has 2 unspecified atom stereocenters. The van der Waals surface area contributed by atoms with Gasteiger partial charge < -0.3 is 19.5 Å². The molecule has 1 aromatic rings. The van der Waals surface area contributed by atoms with E-state index in [1.54, 1.807) is 0 Å². The van der Waals surface area contributed by atoms with E-state index in [4.69, 9.17) is 9.47 Å². The van der Waals surface area contributed by atoms with Crippen LogP contribution < -0.4 is 5.32 Å². The fourth-order valence-electron chi connectivity index (χ4n) is 3.64. The van der Waals surface area contributed by atoms with Crippen LogP contribution in [0.1, 0.15) is 37.7 Å². The van der Waals surface area contributed by atoms with E-state index in [1.807, 2.05) is 30.3 Å². The fraction of sp³-hybridized carbons (Fsp3) is 0.579. The lowest BCUT2D eigenvalue weighted by atomic mass is 9.70. The minimum Gasteiger partial charge on any atom is -0.459 e. The summed E-state index contributed by atoms with van der Waals surface area (Å²) in [5.41, 5.74) is 0.800. The predicted octanol–water partition coefficient (Wildman–Crippen LogP) is 2.80. The van der Waals surface area contributed by atoms with Gasteiger partial charge in [0.25, 0.3) is 0 Å². The van der Waals surface area contributed by atoms with E-state index in [0.717, 1.165) is 37.7 Å². The van der Waals surface area contributed by atoms with Crippen LogP contribution in [0.5, 0.6) is 0 Å². The van der Waals surface area contributed by atoms with Crippen LogP contribution in [0.25, 0.3) is 0 Å². The second-order valence-electron chi connectivity index (χ2n) is 6.84. The molecule has 1 amide bonds. The Hall–Kier alpha value is -2.08. The normalized spacial score (nSPS) is 22.5. The van der Waals surface area contributed by atoms with Crippen LogP contribution in [-0.4, -0.2) is 37.4 Å². The van der Waals surface area contributed by atoms with Crippen molar-refractivity contribution in [1.29, 1.82) is 0 Å². The van der Waals surface area contributed by atoms with Gasteiger partial charge in [0.15, 0.2) is 0 Å². The third-order valence-corrected chi connectivity index (χ3v) is 5.20. The molecule has 1 heterocycles. The summed E-state index contributed by atoms with van der Waals surface area (Å²) in [7, 11) is 1.29. The number of carbonyl (C=O) groups is 2. The number of alkyl carbamates (subject to hydrolysis) is 1. The lowest BCUT2D eigenvalue weighted by Gasteiger charge is -2.48. The first-order chi connectivity index (χ1) is 12.1. The van der Waals surface area contributed by atoms with Crippen LogP contribution in [-0.2, 0) is 25.6 Å². The van der Waals surface area contributed by atoms with Crippen LogP contribution in [0.4, 0.5) is 4.79 Å². The topological polar surface area (TPSA) is 73.9 Å². The van der Waals surface area contributed by atoms with Crippen molar-refractivity contribution in [2.24, 2.45) is 5.92 Å². The Bertz CT molecular complexity index is 599. The van der Waals surface area contributed by atoms with Crippen molar-refractivity contribution >= 4 is 12.1 Å². The van der Waals surface area contributed by atoms with Crippen molar-refractivity contribution in [1.82, 2.24) is 5.32 Å². The van der Waals surface area contributed by atoms with Crippen molar-refractivity contribution in [2.45, 2.75) is 50.4 Å². The third-order valence-electron chi connectivity index (χ3n) is 5.20. The monoisotopic (exact) mass is 347 g/mol. The Kier molecular flexibility index (Phi) is 5.58. The van der Waals surface area contributed by atoms with Crippen LogP contribution in [0.2, 0.25) is 0 Å². The van der Waals surface area contributed by atoms with Crippen LogP contribution in [0.3, 0.4) is 0 Å². The molecule has 1 aliphatic heterocycles. The van der Waals surface area contributed by atoms with Crippen LogP contribution >= 0.6 is 0 Å². The molecule has 2 aliphatic rings. The highest BCUT2D eigenvalue weighted by Gasteiger charge is 2.46. The van der Waals surface area contributed by atoms with Gasteiger partial charge in [0.05, 0.1) is 12.7 Å². The maximum Gasteiger partial charge on any atom is 0.407 e. The first-order valence-corrected chi connectivity index (χ1v) is 8.81. The summed E-state index contributed by atoms with van der Waals surface area (Å²) >= 11 is 0. The Morgan fingerprint density at radius 2 is 2.08 bits per heavy atom. The Morgan fingerprint density at radius 3 is 2.72 bits per heavy atom. The van der Waals surface area contributed by atoms with E-state index in [9.17, 15) is 9.59 Å². The van der Waals surface area contributed by atoms with Crippen molar-refractivity contribution in [3.05, 3.63) is 35.9 Å². The number of nitrogens with one attached hydrogen (secondary N) is 1. The van der Waals surface area contributed by atoms with Crippen LogP contribution in [0, 0.1) is 5.92 Å². The standard InChI is InChI=1S/C19H25NO5/c1-23-18(22)20-16(15-8-11-25-19(12-15)9-5-10-19)17(21)24-13-14-6-3-2-4-7-14/h2-4,6-7,15-16H,5,8-13H2,1H3,(H,20,22). The molecule has 1 aliphatic carbocycles. The molecule has 3 rings (SSSR count). The highest BCUT2D eigenvalue weighted by molar-refractivity contribution is 5.81. The van der Waals surface area contributed by atoms with Gasteiger partial charge >= 0.3 is 12.1 Å². The molecule has 1 N–H and O–H groups in total. The van der Waals surface area contributed by atoms with E-state index in [0.29, 0.717) is 6.61 Å².